The Bertz CT molecular complexity index is 860. The Morgan fingerprint density at radius 3 is 2.61 bits per heavy atom. The third-order valence-electron chi connectivity index (χ3n) is 3.27. The Labute approximate surface area is 144 Å². The number of carbonyl (C=O) groups excluding carboxylic acids is 1. The first-order valence-electron chi connectivity index (χ1n) is 6.85. The molecule has 2 aromatic rings. The van der Waals surface area contributed by atoms with Crippen LogP contribution >= 0.6 is 15.9 Å². The zero-order valence-corrected chi connectivity index (χ0v) is 14.9. The molecule has 0 bridgehead atoms. The fourth-order valence-electron chi connectivity index (χ4n) is 2.02. The average Bonchev–Trinajstić information content (AvgIpc) is 2.49. The van der Waals surface area contributed by atoms with Gasteiger partial charge in [0, 0.05) is 10.2 Å². The lowest BCUT2D eigenvalue weighted by Crippen LogP contribution is -2.14. The van der Waals surface area contributed by atoms with Gasteiger partial charge in [-0.25, -0.2) is 8.42 Å². The predicted octanol–water partition coefficient (Wildman–Crippen LogP) is 3.97. The second kappa shape index (κ2) is 7.10. The van der Waals surface area contributed by atoms with Crippen LogP contribution in [0.1, 0.15) is 15.9 Å². The summed E-state index contributed by atoms with van der Waals surface area (Å²) in [6, 6.07) is 11.7. The molecule has 0 saturated heterocycles. The standard InChI is InChI=1S/C17H16BrNO3S/c1-3-10-23(21,22)13-9-8-12(2)16(11-13)19-17(20)14-6-4-5-7-15(14)18/h3-9,11H,1,10H2,2H3,(H,19,20). The smallest absolute Gasteiger partial charge is 0.256 e. The molecular weight excluding hydrogens is 378 g/mol. The van der Waals surface area contributed by atoms with Gasteiger partial charge in [0.1, 0.15) is 0 Å². The molecule has 1 amide bonds. The number of anilines is 1. The number of rotatable bonds is 5. The zero-order chi connectivity index (χ0) is 17.0. The van der Waals surface area contributed by atoms with E-state index in [2.05, 4.69) is 27.8 Å². The number of hydrogen-bond donors (Lipinski definition) is 1. The number of sulfone groups is 1. The predicted molar refractivity (Wildman–Crippen MR) is 95.5 cm³/mol. The first-order valence-corrected chi connectivity index (χ1v) is 9.30. The number of amides is 1. The quantitative estimate of drug-likeness (QED) is 0.781. The van der Waals surface area contributed by atoms with Gasteiger partial charge in [0.15, 0.2) is 9.84 Å². The molecule has 23 heavy (non-hydrogen) atoms. The molecule has 0 fully saturated rings. The molecular formula is C17H16BrNO3S. The van der Waals surface area contributed by atoms with E-state index in [9.17, 15) is 13.2 Å². The number of aryl methyl sites for hydroxylation is 1. The van der Waals surface area contributed by atoms with Gasteiger partial charge in [0.2, 0.25) is 0 Å². The van der Waals surface area contributed by atoms with Crippen molar-refractivity contribution >= 4 is 37.4 Å². The van der Waals surface area contributed by atoms with E-state index in [0.717, 1.165) is 5.56 Å². The summed E-state index contributed by atoms with van der Waals surface area (Å²) in [5.74, 6) is -0.452. The molecule has 0 saturated carbocycles. The molecule has 2 aromatic carbocycles. The van der Waals surface area contributed by atoms with Gasteiger partial charge < -0.3 is 5.32 Å². The first-order chi connectivity index (χ1) is 10.8. The summed E-state index contributed by atoms with van der Waals surface area (Å²) in [7, 11) is -3.44. The first kappa shape index (κ1) is 17.4. The van der Waals surface area contributed by atoms with Gasteiger partial charge >= 0.3 is 0 Å². The molecule has 1 N–H and O–H groups in total. The van der Waals surface area contributed by atoms with E-state index in [1.54, 1.807) is 31.2 Å². The Balaban J connectivity index is 2.35. The van der Waals surface area contributed by atoms with E-state index >= 15 is 0 Å². The Hall–Kier alpha value is -1.92. The van der Waals surface area contributed by atoms with Crippen LogP contribution in [0.25, 0.3) is 0 Å². The Morgan fingerprint density at radius 2 is 1.96 bits per heavy atom. The second-order valence-electron chi connectivity index (χ2n) is 4.98. The highest BCUT2D eigenvalue weighted by molar-refractivity contribution is 9.10. The van der Waals surface area contributed by atoms with Crippen LogP contribution in [0.15, 0.2) is 64.5 Å². The van der Waals surface area contributed by atoms with E-state index < -0.39 is 9.84 Å². The molecule has 0 aliphatic rings. The lowest BCUT2D eigenvalue weighted by atomic mass is 10.1. The van der Waals surface area contributed by atoms with Crippen molar-refractivity contribution in [3.63, 3.8) is 0 Å². The summed E-state index contributed by atoms with van der Waals surface area (Å²) in [4.78, 5) is 12.5. The van der Waals surface area contributed by atoms with Crippen LogP contribution in [0.3, 0.4) is 0 Å². The SMILES string of the molecule is C=CCS(=O)(=O)c1ccc(C)c(NC(=O)c2ccccc2Br)c1. The van der Waals surface area contributed by atoms with Crippen molar-refractivity contribution in [2.75, 3.05) is 11.1 Å². The molecule has 120 valence electrons. The summed E-state index contributed by atoms with van der Waals surface area (Å²) in [5, 5.41) is 2.76. The van der Waals surface area contributed by atoms with Crippen LogP contribution in [0.4, 0.5) is 5.69 Å². The molecule has 0 aromatic heterocycles. The van der Waals surface area contributed by atoms with Crippen LogP contribution in [0.5, 0.6) is 0 Å². The summed E-state index contributed by atoms with van der Waals surface area (Å²) in [6.07, 6.45) is 1.34. The van der Waals surface area contributed by atoms with Gasteiger partial charge in [-0.3, -0.25) is 4.79 Å². The summed E-state index contributed by atoms with van der Waals surface area (Å²) >= 11 is 3.33. The topological polar surface area (TPSA) is 63.2 Å². The van der Waals surface area contributed by atoms with Crippen molar-refractivity contribution in [1.29, 1.82) is 0 Å². The number of carbonyl (C=O) groups is 1. The molecule has 0 heterocycles. The minimum Gasteiger partial charge on any atom is -0.322 e. The van der Waals surface area contributed by atoms with Gasteiger partial charge in [-0.15, -0.1) is 6.58 Å². The van der Waals surface area contributed by atoms with Crippen molar-refractivity contribution in [1.82, 2.24) is 0 Å². The largest absolute Gasteiger partial charge is 0.322 e. The fraction of sp³-hybridized carbons (Fsp3) is 0.118. The molecule has 6 heteroatoms. The normalized spacial score (nSPS) is 11.0. The average molecular weight is 394 g/mol. The van der Waals surface area contributed by atoms with Crippen LogP contribution in [-0.4, -0.2) is 20.1 Å². The molecule has 0 aliphatic carbocycles. The molecule has 0 spiro atoms. The summed E-state index contributed by atoms with van der Waals surface area (Å²) in [6.45, 7) is 5.26. The maximum absolute atomic E-state index is 12.4. The van der Waals surface area contributed by atoms with Gasteiger partial charge in [0.25, 0.3) is 5.91 Å². The summed E-state index contributed by atoms with van der Waals surface area (Å²) in [5.41, 5.74) is 1.73. The molecule has 0 aliphatic heterocycles. The van der Waals surface area contributed by atoms with E-state index in [0.29, 0.717) is 15.7 Å². The van der Waals surface area contributed by atoms with E-state index in [1.165, 1.54) is 18.2 Å². The fourth-order valence-corrected chi connectivity index (χ4v) is 3.56. The van der Waals surface area contributed by atoms with Gasteiger partial charge in [0.05, 0.1) is 16.2 Å². The Kier molecular flexibility index (Phi) is 5.38. The third-order valence-corrected chi connectivity index (χ3v) is 5.61. The number of nitrogens with one attached hydrogen (secondary N) is 1. The van der Waals surface area contributed by atoms with E-state index in [-0.39, 0.29) is 16.6 Å². The minimum absolute atomic E-state index is 0.145. The lowest BCUT2D eigenvalue weighted by molar-refractivity contribution is 0.102. The van der Waals surface area contributed by atoms with Crippen molar-refractivity contribution in [2.45, 2.75) is 11.8 Å². The maximum atomic E-state index is 12.4. The molecule has 4 nitrogen and oxygen atoms in total. The number of hydrogen-bond acceptors (Lipinski definition) is 3. The van der Waals surface area contributed by atoms with Crippen LogP contribution in [0, 0.1) is 6.92 Å². The van der Waals surface area contributed by atoms with Gasteiger partial charge in [-0.05, 0) is 52.7 Å². The van der Waals surface area contributed by atoms with Crippen LogP contribution in [-0.2, 0) is 9.84 Å². The monoisotopic (exact) mass is 393 g/mol. The van der Waals surface area contributed by atoms with Crippen LogP contribution < -0.4 is 5.32 Å². The molecule has 0 atom stereocenters. The van der Waals surface area contributed by atoms with Crippen molar-refractivity contribution < 1.29 is 13.2 Å². The van der Waals surface area contributed by atoms with Crippen molar-refractivity contribution in [3.8, 4) is 0 Å². The molecule has 2 rings (SSSR count). The van der Waals surface area contributed by atoms with Gasteiger partial charge in [-0.1, -0.05) is 24.3 Å². The highest BCUT2D eigenvalue weighted by Gasteiger charge is 2.16. The third kappa shape index (κ3) is 4.09. The molecule has 0 radical (unpaired) electrons. The van der Waals surface area contributed by atoms with Gasteiger partial charge in [-0.2, -0.15) is 0 Å². The van der Waals surface area contributed by atoms with Crippen molar-refractivity contribution in [2.24, 2.45) is 0 Å². The second-order valence-corrected chi connectivity index (χ2v) is 7.87. The lowest BCUT2D eigenvalue weighted by Gasteiger charge is -2.11. The highest BCUT2D eigenvalue weighted by atomic mass is 79.9. The van der Waals surface area contributed by atoms with Crippen LogP contribution in [0.2, 0.25) is 0 Å². The number of halogens is 1. The summed E-state index contributed by atoms with van der Waals surface area (Å²) < 4.78 is 24.9. The van der Waals surface area contributed by atoms with E-state index in [1.807, 2.05) is 6.07 Å². The van der Waals surface area contributed by atoms with E-state index in [4.69, 9.17) is 0 Å². The number of benzene rings is 2. The van der Waals surface area contributed by atoms with Crippen molar-refractivity contribution in [3.05, 3.63) is 70.7 Å². The minimum atomic E-state index is -3.44. The zero-order valence-electron chi connectivity index (χ0n) is 12.5. The molecule has 0 unspecified atom stereocenters. The highest BCUT2D eigenvalue weighted by Crippen LogP contribution is 2.23. The maximum Gasteiger partial charge on any atom is 0.256 e. The Morgan fingerprint density at radius 1 is 1.26 bits per heavy atom.